The summed E-state index contributed by atoms with van der Waals surface area (Å²) >= 11 is 0. The first-order valence-corrected chi connectivity index (χ1v) is 4.20. The van der Waals surface area contributed by atoms with Crippen LogP contribution >= 0.6 is 0 Å². The fourth-order valence-corrected chi connectivity index (χ4v) is 1.36. The van der Waals surface area contributed by atoms with Crippen LogP contribution in [-0.4, -0.2) is 15.4 Å². The van der Waals surface area contributed by atoms with Crippen molar-refractivity contribution < 1.29 is 0 Å². The van der Waals surface area contributed by atoms with Crippen molar-refractivity contribution in [2.24, 2.45) is 0 Å². The Labute approximate surface area is 81.1 Å². The van der Waals surface area contributed by atoms with Gasteiger partial charge in [0.15, 0.2) is 0 Å². The normalized spacial score (nSPS) is 10.4. The van der Waals surface area contributed by atoms with Crippen LogP contribution in [0.25, 0.3) is 11.3 Å². The summed E-state index contributed by atoms with van der Waals surface area (Å²) in [6.45, 7) is 1.93. The van der Waals surface area contributed by atoms with Gasteiger partial charge in [-0.2, -0.15) is 15.4 Å². The van der Waals surface area contributed by atoms with Crippen molar-refractivity contribution in [3.63, 3.8) is 0 Å². The monoisotopic (exact) mass is 189 g/mol. The first-order valence-electron chi connectivity index (χ1n) is 4.20. The van der Waals surface area contributed by atoms with Gasteiger partial charge in [-0.25, -0.2) is 0 Å². The molecule has 5 N–H and O–H groups in total. The third kappa shape index (κ3) is 1.28. The van der Waals surface area contributed by atoms with Crippen LogP contribution in [0.2, 0.25) is 0 Å². The number of hydrogen-bond acceptors (Lipinski definition) is 4. The fraction of sp³-hybridized carbons (Fsp3) is 0.111. The van der Waals surface area contributed by atoms with Crippen LogP contribution in [0, 0.1) is 6.92 Å². The van der Waals surface area contributed by atoms with E-state index in [1.165, 1.54) is 0 Å². The summed E-state index contributed by atoms with van der Waals surface area (Å²) in [6.07, 6.45) is 1.64. The largest absolute Gasteiger partial charge is 0.399 e. The van der Waals surface area contributed by atoms with E-state index in [1.807, 2.05) is 13.0 Å². The van der Waals surface area contributed by atoms with Gasteiger partial charge in [-0.05, 0) is 24.6 Å². The van der Waals surface area contributed by atoms with E-state index in [4.69, 9.17) is 11.5 Å². The second-order valence-corrected chi connectivity index (χ2v) is 3.14. The number of rotatable bonds is 1. The highest BCUT2D eigenvalue weighted by Crippen LogP contribution is 2.27. The Balaban J connectivity index is 2.64. The molecule has 5 nitrogen and oxygen atoms in total. The molecular weight excluding hydrogens is 178 g/mol. The lowest BCUT2D eigenvalue weighted by Crippen LogP contribution is -1.96. The molecule has 14 heavy (non-hydrogen) atoms. The summed E-state index contributed by atoms with van der Waals surface area (Å²) in [4.78, 5) is 0. The number of nitrogens with zero attached hydrogens (tertiary/aromatic N) is 2. The number of nitrogen functional groups attached to an aromatic ring is 2. The van der Waals surface area contributed by atoms with Gasteiger partial charge in [0.05, 0.1) is 6.20 Å². The molecule has 0 fully saturated rings. The highest BCUT2D eigenvalue weighted by atomic mass is 15.3. The van der Waals surface area contributed by atoms with Gasteiger partial charge in [0.25, 0.3) is 0 Å². The summed E-state index contributed by atoms with van der Waals surface area (Å²) in [7, 11) is 0. The third-order valence-electron chi connectivity index (χ3n) is 2.16. The maximum Gasteiger partial charge on any atom is 0.113 e. The average Bonchev–Trinajstić information content (AvgIpc) is 2.63. The highest BCUT2D eigenvalue weighted by molar-refractivity contribution is 5.74. The number of hydrogen-bond donors (Lipinski definition) is 3. The molecule has 0 spiro atoms. The molecule has 72 valence electrons. The van der Waals surface area contributed by atoms with Gasteiger partial charge in [0, 0.05) is 16.9 Å². The molecular formula is C9H11N5. The van der Waals surface area contributed by atoms with Crippen molar-refractivity contribution >= 4 is 11.4 Å². The van der Waals surface area contributed by atoms with E-state index in [0.717, 1.165) is 16.8 Å². The van der Waals surface area contributed by atoms with E-state index in [1.54, 1.807) is 12.3 Å². The molecule has 0 bridgehead atoms. The zero-order valence-electron chi connectivity index (χ0n) is 7.78. The number of aromatic amines is 1. The molecule has 1 heterocycles. The van der Waals surface area contributed by atoms with Crippen LogP contribution in [-0.2, 0) is 0 Å². The Morgan fingerprint density at radius 1 is 1.29 bits per heavy atom. The number of anilines is 2. The van der Waals surface area contributed by atoms with Gasteiger partial charge in [-0.15, -0.1) is 0 Å². The minimum Gasteiger partial charge on any atom is -0.399 e. The molecule has 0 aliphatic heterocycles. The molecule has 2 rings (SSSR count). The number of aromatic nitrogens is 3. The molecule has 0 saturated carbocycles. The first kappa shape index (κ1) is 8.55. The lowest BCUT2D eigenvalue weighted by Gasteiger charge is -2.06. The van der Waals surface area contributed by atoms with Crippen molar-refractivity contribution in [3.8, 4) is 11.3 Å². The van der Waals surface area contributed by atoms with E-state index in [0.29, 0.717) is 11.4 Å². The molecule has 0 aliphatic rings. The van der Waals surface area contributed by atoms with Crippen LogP contribution in [0.3, 0.4) is 0 Å². The molecule has 0 radical (unpaired) electrons. The molecule has 2 aromatic rings. The topological polar surface area (TPSA) is 93.6 Å². The van der Waals surface area contributed by atoms with E-state index in [-0.39, 0.29) is 0 Å². The summed E-state index contributed by atoms with van der Waals surface area (Å²) in [5.74, 6) is 0. The quantitative estimate of drug-likeness (QED) is 0.582. The molecule has 0 amide bonds. The van der Waals surface area contributed by atoms with Crippen molar-refractivity contribution in [1.29, 1.82) is 0 Å². The highest BCUT2D eigenvalue weighted by Gasteiger charge is 2.07. The lowest BCUT2D eigenvalue weighted by molar-refractivity contribution is 0.942. The van der Waals surface area contributed by atoms with E-state index in [2.05, 4.69) is 15.4 Å². The molecule has 1 aromatic carbocycles. The van der Waals surface area contributed by atoms with Crippen LogP contribution in [0.15, 0.2) is 18.3 Å². The Kier molecular flexibility index (Phi) is 1.85. The second-order valence-electron chi connectivity index (χ2n) is 3.14. The van der Waals surface area contributed by atoms with Gasteiger partial charge in [0.2, 0.25) is 0 Å². The third-order valence-corrected chi connectivity index (χ3v) is 2.16. The maximum atomic E-state index is 5.79. The summed E-state index contributed by atoms with van der Waals surface area (Å²) in [6, 6.07) is 3.57. The van der Waals surface area contributed by atoms with Gasteiger partial charge in [-0.1, -0.05) is 0 Å². The SMILES string of the molecule is Cc1c(N)cc(N)cc1-c1cn[nH]n1. The zero-order chi connectivity index (χ0) is 10.1. The van der Waals surface area contributed by atoms with Gasteiger partial charge in [0.1, 0.15) is 5.69 Å². The summed E-state index contributed by atoms with van der Waals surface area (Å²) < 4.78 is 0. The van der Waals surface area contributed by atoms with Gasteiger partial charge in [-0.3, -0.25) is 0 Å². The van der Waals surface area contributed by atoms with E-state index < -0.39 is 0 Å². The fourth-order valence-electron chi connectivity index (χ4n) is 1.36. The Bertz CT molecular complexity index is 446. The standard InChI is InChI=1S/C9H11N5/c1-5-7(9-4-12-14-13-9)2-6(10)3-8(5)11/h2-4H,10-11H2,1H3,(H,12,13,14). The minimum absolute atomic E-state index is 0.631. The first-order chi connectivity index (χ1) is 6.68. The number of nitrogens with two attached hydrogens (primary N) is 2. The molecule has 0 aliphatic carbocycles. The number of benzene rings is 1. The maximum absolute atomic E-state index is 5.79. The van der Waals surface area contributed by atoms with Crippen LogP contribution in [0.5, 0.6) is 0 Å². The lowest BCUT2D eigenvalue weighted by atomic mass is 10.0. The van der Waals surface area contributed by atoms with E-state index >= 15 is 0 Å². The number of nitrogens with one attached hydrogen (secondary N) is 1. The average molecular weight is 189 g/mol. The Hall–Kier alpha value is -2.04. The van der Waals surface area contributed by atoms with E-state index in [9.17, 15) is 0 Å². The van der Waals surface area contributed by atoms with Crippen molar-refractivity contribution in [1.82, 2.24) is 15.4 Å². The molecule has 0 saturated heterocycles. The number of H-pyrrole nitrogens is 1. The second kappa shape index (κ2) is 3.02. The van der Waals surface area contributed by atoms with Gasteiger partial charge < -0.3 is 11.5 Å². The van der Waals surface area contributed by atoms with Crippen molar-refractivity contribution in [2.75, 3.05) is 11.5 Å². The smallest absolute Gasteiger partial charge is 0.113 e. The van der Waals surface area contributed by atoms with Crippen molar-refractivity contribution in [2.45, 2.75) is 6.92 Å². The Morgan fingerprint density at radius 2 is 2.07 bits per heavy atom. The van der Waals surface area contributed by atoms with Crippen LogP contribution in [0.1, 0.15) is 5.56 Å². The van der Waals surface area contributed by atoms with Crippen LogP contribution < -0.4 is 11.5 Å². The predicted molar refractivity (Wildman–Crippen MR) is 55.4 cm³/mol. The van der Waals surface area contributed by atoms with Crippen molar-refractivity contribution in [3.05, 3.63) is 23.9 Å². The zero-order valence-corrected chi connectivity index (χ0v) is 7.78. The molecule has 1 aromatic heterocycles. The Morgan fingerprint density at radius 3 is 2.71 bits per heavy atom. The summed E-state index contributed by atoms with van der Waals surface area (Å²) in [5.41, 5.74) is 15.4. The predicted octanol–water partition coefficient (Wildman–Crippen LogP) is 0.945. The summed E-state index contributed by atoms with van der Waals surface area (Å²) in [5, 5.41) is 10.3. The van der Waals surface area contributed by atoms with Crippen LogP contribution in [0.4, 0.5) is 11.4 Å². The minimum atomic E-state index is 0.631. The van der Waals surface area contributed by atoms with Gasteiger partial charge >= 0.3 is 0 Å². The molecule has 0 unspecified atom stereocenters. The molecule has 0 atom stereocenters. The molecule has 5 heteroatoms.